The Morgan fingerprint density at radius 2 is 2.00 bits per heavy atom. The molecule has 1 atom stereocenters. The van der Waals surface area contributed by atoms with Gasteiger partial charge in [-0.3, -0.25) is 4.79 Å². The first-order valence-electron chi connectivity index (χ1n) is 7.58. The molecule has 0 radical (unpaired) electrons. The van der Waals surface area contributed by atoms with Crippen LogP contribution in [-0.2, 0) is 11.3 Å². The first-order valence-corrected chi connectivity index (χ1v) is 8.34. The third kappa shape index (κ3) is 3.19. The molecule has 1 saturated heterocycles. The van der Waals surface area contributed by atoms with E-state index in [1.54, 1.807) is 0 Å². The SMILES string of the molecule is Cc1cc(N2CCNCC2)ccc1CN1C(=O)C(Cl)=C(Cl)C1O. The van der Waals surface area contributed by atoms with Gasteiger partial charge in [-0.1, -0.05) is 29.3 Å². The van der Waals surface area contributed by atoms with Crippen molar-refractivity contribution in [1.82, 2.24) is 10.2 Å². The summed E-state index contributed by atoms with van der Waals surface area (Å²) in [6.07, 6.45) is -1.16. The summed E-state index contributed by atoms with van der Waals surface area (Å²) in [5.74, 6) is -0.435. The van der Waals surface area contributed by atoms with Crippen LogP contribution in [0, 0.1) is 6.92 Å². The molecule has 0 spiro atoms. The quantitative estimate of drug-likeness (QED) is 0.867. The molecule has 5 nitrogen and oxygen atoms in total. The highest BCUT2D eigenvalue weighted by Gasteiger charge is 2.36. The lowest BCUT2D eigenvalue weighted by molar-refractivity contribution is -0.132. The molecule has 7 heteroatoms. The predicted molar refractivity (Wildman–Crippen MR) is 91.6 cm³/mol. The van der Waals surface area contributed by atoms with Gasteiger partial charge in [-0.15, -0.1) is 0 Å². The first-order chi connectivity index (χ1) is 11.0. The molecule has 0 aliphatic carbocycles. The highest BCUT2D eigenvalue weighted by molar-refractivity contribution is 6.49. The number of benzene rings is 1. The standard InChI is InChI=1S/C16H19Cl2N3O2/c1-10-8-12(20-6-4-19-5-7-20)3-2-11(10)9-21-15(22)13(17)14(18)16(21)23/h2-3,8,15,19,22H,4-7,9H2,1H3. The van der Waals surface area contributed by atoms with Crippen LogP contribution in [0.1, 0.15) is 11.1 Å². The smallest absolute Gasteiger partial charge is 0.269 e. The van der Waals surface area contributed by atoms with Gasteiger partial charge in [-0.25, -0.2) is 0 Å². The third-order valence-electron chi connectivity index (χ3n) is 4.33. The van der Waals surface area contributed by atoms with Crippen molar-refractivity contribution in [2.24, 2.45) is 0 Å². The summed E-state index contributed by atoms with van der Waals surface area (Å²) in [7, 11) is 0. The van der Waals surface area contributed by atoms with Crippen molar-refractivity contribution in [3.8, 4) is 0 Å². The van der Waals surface area contributed by atoms with E-state index in [1.165, 1.54) is 10.6 Å². The number of amides is 1. The van der Waals surface area contributed by atoms with Gasteiger partial charge in [0.1, 0.15) is 5.03 Å². The number of hydrogen-bond acceptors (Lipinski definition) is 4. The predicted octanol–water partition coefficient (Wildman–Crippen LogP) is 1.75. The van der Waals surface area contributed by atoms with E-state index in [9.17, 15) is 9.90 Å². The van der Waals surface area contributed by atoms with E-state index in [4.69, 9.17) is 23.2 Å². The molecule has 1 aromatic rings. The molecule has 2 aliphatic rings. The third-order valence-corrected chi connectivity index (χ3v) is 5.18. The molecule has 2 aliphatic heterocycles. The van der Waals surface area contributed by atoms with Gasteiger partial charge < -0.3 is 20.2 Å². The van der Waals surface area contributed by atoms with Gasteiger partial charge in [0.2, 0.25) is 0 Å². The Balaban J connectivity index is 1.76. The van der Waals surface area contributed by atoms with Crippen LogP contribution in [0.25, 0.3) is 0 Å². The van der Waals surface area contributed by atoms with E-state index in [-0.39, 0.29) is 16.6 Å². The Morgan fingerprint density at radius 1 is 1.30 bits per heavy atom. The highest BCUT2D eigenvalue weighted by Crippen LogP contribution is 2.32. The largest absolute Gasteiger partial charge is 0.369 e. The zero-order valence-electron chi connectivity index (χ0n) is 12.9. The van der Waals surface area contributed by atoms with E-state index in [2.05, 4.69) is 22.3 Å². The number of hydrogen-bond donors (Lipinski definition) is 2. The molecule has 3 rings (SSSR count). The summed E-state index contributed by atoms with van der Waals surface area (Å²) < 4.78 is 0. The fourth-order valence-corrected chi connectivity index (χ4v) is 3.31. The minimum atomic E-state index is -1.16. The summed E-state index contributed by atoms with van der Waals surface area (Å²) in [6.45, 7) is 6.22. The van der Waals surface area contributed by atoms with Crippen molar-refractivity contribution in [1.29, 1.82) is 0 Å². The molecule has 1 fully saturated rings. The maximum Gasteiger partial charge on any atom is 0.269 e. The van der Waals surface area contributed by atoms with Crippen LogP contribution in [0.15, 0.2) is 28.3 Å². The van der Waals surface area contributed by atoms with Crippen LogP contribution in [0.2, 0.25) is 0 Å². The fourth-order valence-electron chi connectivity index (χ4n) is 2.91. The number of nitrogens with one attached hydrogen (secondary N) is 1. The van der Waals surface area contributed by atoms with E-state index in [1.807, 2.05) is 13.0 Å². The molecular weight excluding hydrogens is 337 g/mol. The zero-order chi connectivity index (χ0) is 16.6. The van der Waals surface area contributed by atoms with Crippen LogP contribution in [0.5, 0.6) is 0 Å². The van der Waals surface area contributed by atoms with Crippen molar-refractivity contribution >= 4 is 34.8 Å². The average Bonchev–Trinajstić information content (AvgIpc) is 2.75. The second-order valence-electron chi connectivity index (χ2n) is 5.82. The number of aliphatic hydroxyl groups is 1. The molecular formula is C16H19Cl2N3O2. The first kappa shape index (κ1) is 16.6. The molecule has 1 aromatic carbocycles. The molecule has 1 amide bonds. The van der Waals surface area contributed by atoms with Crippen molar-refractivity contribution in [2.75, 3.05) is 31.1 Å². The lowest BCUT2D eigenvalue weighted by Gasteiger charge is -2.30. The van der Waals surface area contributed by atoms with Gasteiger partial charge in [0.05, 0.1) is 5.03 Å². The second kappa shape index (κ2) is 6.69. The van der Waals surface area contributed by atoms with Gasteiger partial charge in [0.25, 0.3) is 5.91 Å². The van der Waals surface area contributed by atoms with Crippen molar-refractivity contribution in [2.45, 2.75) is 19.7 Å². The number of anilines is 1. The summed E-state index contributed by atoms with van der Waals surface area (Å²) in [6, 6.07) is 6.16. The second-order valence-corrected chi connectivity index (χ2v) is 6.60. The fraction of sp³-hybridized carbons (Fsp3) is 0.438. The number of piperazine rings is 1. The summed E-state index contributed by atoms with van der Waals surface area (Å²) in [4.78, 5) is 15.6. The van der Waals surface area contributed by atoms with Crippen LogP contribution in [0.3, 0.4) is 0 Å². The van der Waals surface area contributed by atoms with Crippen LogP contribution in [0.4, 0.5) is 5.69 Å². The number of carbonyl (C=O) groups is 1. The van der Waals surface area contributed by atoms with Gasteiger partial charge in [0.15, 0.2) is 6.23 Å². The van der Waals surface area contributed by atoms with Crippen molar-refractivity contribution in [3.63, 3.8) is 0 Å². The normalized spacial score (nSPS) is 22.3. The lowest BCUT2D eigenvalue weighted by Crippen LogP contribution is -2.43. The number of aliphatic hydroxyl groups excluding tert-OH is 1. The molecule has 2 heterocycles. The Hall–Kier alpha value is -1.27. The molecule has 0 aromatic heterocycles. The minimum absolute atomic E-state index is 0.00763. The van der Waals surface area contributed by atoms with Crippen LogP contribution >= 0.6 is 23.2 Å². The zero-order valence-corrected chi connectivity index (χ0v) is 14.4. The van der Waals surface area contributed by atoms with Gasteiger partial charge in [0, 0.05) is 38.4 Å². The number of halogens is 2. The molecule has 0 saturated carbocycles. The summed E-state index contributed by atoms with van der Waals surface area (Å²) in [5.41, 5.74) is 3.21. The molecule has 124 valence electrons. The van der Waals surface area contributed by atoms with Gasteiger partial charge >= 0.3 is 0 Å². The number of carbonyl (C=O) groups excluding carboxylic acids is 1. The Kier molecular flexibility index (Phi) is 4.82. The van der Waals surface area contributed by atoms with Crippen molar-refractivity contribution in [3.05, 3.63) is 39.4 Å². The molecule has 0 bridgehead atoms. The lowest BCUT2D eigenvalue weighted by atomic mass is 10.1. The van der Waals surface area contributed by atoms with E-state index in [0.717, 1.165) is 37.3 Å². The average molecular weight is 356 g/mol. The van der Waals surface area contributed by atoms with Crippen LogP contribution < -0.4 is 10.2 Å². The summed E-state index contributed by atoms with van der Waals surface area (Å²) in [5, 5.41) is 13.2. The molecule has 1 unspecified atom stereocenters. The topological polar surface area (TPSA) is 55.8 Å². The van der Waals surface area contributed by atoms with Crippen LogP contribution in [-0.4, -0.2) is 48.3 Å². The maximum absolute atomic E-state index is 12.0. The van der Waals surface area contributed by atoms with Crippen molar-refractivity contribution < 1.29 is 9.90 Å². The maximum atomic E-state index is 12.0. The van der Waals surface area contributed by atoms with Gasteiger partial charge in [-0.05, 0) is 30.2 Å². The monoisotopic (exact) mass is 355 g/mol. The van der Waals surface area contributed by atoms with E-state index >= 15 is 0 Å². The van der Waals surface area contributed by atoms with E-state index < -0.39 is 12.1 Å². The van der Waals surface area contributed by atoms with Gasteiger partial charge in [-0.2, -0.15) is 0 Å². The van der Waals surface area contributed by atoms with E-state index in [0.29, 0.717) is 0 Å². The minimum Gasteiger partial charge on any atom is -0.369 e. The molecule has 2 N–H and O–H groups in total. The summed E-state index contributed by atoms with van der Waals surface area (Å²) >= 11 is 11.7. The Bertz CT molecular complexity index is 657. The number of nitrogens with zero attached hydrogens (tertiary/aromatic N) is 2. The number of rotatable bonds is 3. The number of aryl methyl sites for hydroxylation is 1. The highest BCUT2D eigenvalue weighted by atomic mass is 35.5. The Morgan fingerprint density at radius 3 is 2.57 bits per heavy atom. The Labute approximate surface area is 145 Å². The molecule has 23 heavy (non-hydrogen) atoms.